The monoisotopic (exact) mass is 961 g/mol. The molecule has 11 aromatic carbocycles. The minimum absolute atomic E-state index is 0.574. The Balaban J connectivity index is 0.838. The molecule has 0 amide bonds. The molecule has 0 spiro atoms. The lowest BCUT2D eigenvalue weighted by molar-refractivity contribution is 0.669. The summed E-state index contributed by atoms with van der Waals surface area (Å²) in [6.45, 7) is 0. The zero-order chi connectivity index (χ0) is 49.0. The van der Waals surface area contributed by atoms with Crippen molar-refractivity contribution < 1.29 is 4.42 Å². The summed E-state index contributed by atoms with van der Waals surface area (Å²) in [5, 5.41) is 4.57. The van der Waals surface area contributed by atoms with E-state index in [9.17, 15) is 0 Å². The van der Waals surface area contributed by atoms with E-state index in [1.165, 1.54) is 42.4 Å². The molecule has 0 saturated carbocycles. The van der Waals surface area contributed by atoms with Crippen LogP contribution in [0.1, 0.15) is 0 Å². The minimum atomic E-state index is 0.574. The average molecular weight is 962 g/mol. The Hall–Kier alpha value is -9.55. The Labute approximate surface area is 432 Å². The minimum Gasteiger partial charge on any atom is -0.456 e. The van der Waals surface area contributed by atoms with Gasteiger partial charge in [-0.25, -0.2) is 15.0 Å². The summed E-state index contributed by atoms with van der Waals surface area (Å²) in [5.41, 5.74) is 18.2. The molecule has 5 heteroatoms. The smallest absolute Gasteiger partial charge is 0.164 e. The summed E-state index contributed by atoms with van der Waals surface area (Å²) in [6.07, 6.45) is 0. The Morgan fingerprint density at radius 1 is 0.243 bits per heavy atom. The molecule has 346 valence electrons. The van der Waals surface area contributed by atoms with E-state index in [2.05, 4.69) is 237 Å². The standard InChI is InChI=1S/C69H43N3OS/c1-4-16-44(17-5-1)50-23-11-26-54(41-50)67-70-68(72-69(71-67)60-32-15-33-63-64(60)61-43-53(38-39-62(61)73-63)45-18-6-2-7-19-45)55-27-12-25-52(42-55)51-24-10-22-49(40-51)46-34-36-48(37-35-46)57-29-14-31-59-58-30-13-28-56(65(58)74-66(57)59)47-20-8-3-9-21-47/h1-43H. The van der Waals surface area contributed by atoms with Gasteiger partial charge in [0, 0.05) is 47.6 Å². The Bertz CT molecular complexity index is 4410. The zero-order valence-electron chi connectivity index (χ0n) is 40.0. The molecule has 14 rings (SSSR count). The van der Waals surface area contributed by atoms with Crippen LogP contribution in [0.2, 0.25) is 0 Å². The van der Waals surface area contributed by atoms with Crippen molar-refractivity contribution in [2.45, 2.75) is 0 Å². The molecule has 0 saturated heterocycles. The molecule has 74 heavy (non-hydrogen) atoms. The highest BCUT2D eigenvalue weighted by Gasteiger charge is 2.20. The van der Waals surface area contributed by atoms with Crippen LogP contribution in [-0.2, 0) is 0 Å². The van der Waals surface area contributed by atoms with Gasteiger partial charge in [-0.15, -0.1) is 11.3 Å². The molecule has 0 aliphatic rings. The van der Waals surface area contributed by atoms with Crippen LogP contribution in [0.5, 0.6) is 0 Å². The van der Waals surface area contributed by atoms with Gasteiger partial charge in [0.15, 0.2) is 17.5 Å². The number of thiophene rings is 1. The first-order valence-corrected chi connectivity index (χ1v) is 25.7. The summed E-state index contributed by atoms with van der Waals surface area (Å²) < 4.78 is 9.13. The van der Waals surface area contributed by atoms with Gasteiger partial charge in [-0.1, -0.05) is 224 Å². The van der Waals surface area contributed by atoms with Crippen LogP contribution >= 0.6 is 11.3 Å². The molecule has 0 unspecified atom stereocenters. The number of rotatable bonds is 9. The Kier molecular flexibility index (Phi) is 10.7. The quantitative estimate of drug-likeness (QED) is 0.145. The molecule has 0 aliphatic carbocycles. The van der Waals surface area contributed by atoms with E-state index in [4.69, 9.17) is 19.4 Å². The van der Waals surface area contributed by atoms with Crippen molar-refractivity contribution in [3.05, 3.63) is 261 Å². The summed E-state index contributed by atoms with van der Waals surface area (Å²) in [6, 6.07) is 92.3. The van der Waals surface area contributed by atoms with Gasteiger partial charge in [0.25, 0.3) is 0 Å². The highest BCUT2D eigenvalue weighted by Crippen LogP contribution is 2.45. The van der Waals surface area contributed by atoms with Crippen LogP contribution in [0.4, 0.5) is 0 Å². The molecular weight excluding hydrogens is 919 g/mol. The van der Waals surface area contributed by atoms with E-state index in [0.717, 1.165) is 83.1 Å². The van der Waals surface area contributed by atoms with Gasteiger partial charge in [0.2, 0.25) is 0 Å². The van der Waals surface area contributed by atoms with Gasteiger partial charge < -0.3 is 4.42 Å². The van der Waals surface area contributed by atoms with Crippen LogP contribution in [0.15, 0.2) is 265 Å². The van der Waals surface area contributed by atoms with E-state index in [1.807, 2.05) is 35.6 Å². The van der Waals surface area contributed by atoms with Gasteiger partial charge in [0.05, 0.1) is 0 Å². The van der Waals surface area contributed by atoms with Crippen molar-refractivity contribution in [2.75, 3.05) is 0 Å². The lowest BCUT2D eigenvalue weighted by Gasteiger charge is -2.12. The number of fused-ring (bicyclic) bond motifs is 6. The van der Waals surface area contributed by atoms with Gasteiger partial charge in [0.1, 0.15) is 11.2 Å². The fourth-order valence-electron chi connectivity index (χ4n) is 10.5. The first kappa shape index (κ1) is 43.3. The molecule has 0 radical (unpaired) electrons. The fourth-order valence-corrected chi connectivity index (χ4v) is 11.9. The normalized spacial score (nSPS) is 11.5. The Morgan fingerprint density at radius 2 is 0.622 bits per heavy atom. The molecule has 0 N–H and O–H groups in total. The predicted molar refractivity (Wildman–Crippen MR) is 309 cm³/mol. The van der Waals surface area contributed by atoms with E-state index in [0.29, 0.717) is 17.5 Å². The number of nitrogens with zero attached hydrogens (tertiary/aromatic N) is 3. The Morgan fingerprint density at radius 3 is 1.19 bits per heavy atom. The van der Waals surface area contributed by atoms with Crippen molar-refractivity contribution in [1.82, 2.24) is 15.0 Å². The third-order valence-corrected chi connectivity index (χ3v) is 15.4. The first-order valence-electron chi connectivity index (χ1n) is 24.9. The molecule has 14 aromatic rings. The number of hydrogen-bond donors (Lipinski definition) is 0. The third-order valence-electron chi connectivity index (χ3n) is 14.2. The van der Waals surface area contributed by atoms with Crippen molar-refractivity contribution in [3.8, 4) is 101 Å². The molecule has 3 aromatic heterocycles. The molecule has 4 nitrogen and oxygen atoms in total. The molecule has 0 bridgehead atoms. The predicted octanol–water partition coefficient (Wildman–Crippen LogP) is 19.1. The van der Waals surface area contributed by atoms with Gasteiger partial charge >= 0.3 is 0 Å². The largest absolute Gasteiger partial charge is 0.456 e. The summed E-state index contributed by atoms with van der Waals surface area (Å²) in [7, 11) is 0. The van der Waals surface area contributed by atoms with E-state index in [-0.39, 0.29) is 0 Å². The average Bonchev–Trinajstić information content (AvgIpc) is 4.07. The number of hydrogen-bond acceptors (Lipinski definition) is 5. The first-order chi connectivity index (χ1) is 36.6. The van der Waals surface area contributed by atoms with Crippen molar-refractivity contribution >= 4 is 53.4 Å². The second-order valence-electron chi connectivity index (χ2n) is 18.7. The van der Waals surface area contributed by atoms with Gasteiger partial charge in [-0.2, -0.15) is 0 Å². The van der Waals surface area contributed by atoms with Gasteiger partial charge in [-0.05, 0) is 103 Å². The third kappa shape index (κ3) is 7.84. The highest BCUT2D eigenvalue weighted by molar-refractivity contribution is 7.26. The summed E-state index contributed by atoms with van der Waals surface area (Å²) in [4.78, 5) is 15.9. The topological polar surface area (TPSA) is 51.8 Å². The number of furan rings is 1. The van der Waals surface area contributed by atoms with Crippen molar-refractivity contribution in [3.63, 3.8) is 0 Å². The lowest BCUT2D eigenvalue weighted by atomic mass is 9.96. The summed E-state index contributed by atoms with van der Waals surface area (Å²) in [5.74, 6) is 1.75. The number of aromatic nitrogens is 3. The highest BCUT2D eigenvalue weighted by atomic mass is 32.1. The van der Waals surface area contributed by atoms with E-state index < -0.39 is 0 Å². The maximum Gasteiger partial charge on any atom is 0.164 e. The van der Waals surface area contributed by atoms with E-state index >= 15 is 0 Å². The maximum atomic E-state index is 6.50. The summed E-state index contributed by atoms with van der Waals surface area (Å²) >= 11 is 1.89. The molecule has 0 fully saturated rings. The molecule has 0 atom stereocenters. The van der Waals surface area contributed by atoms with Crippen LogP contribution in [0.3, 0.4) is 0 Å². The fraction of sp³-hybridized carbons (Fsp3) is 0. The van der Waals surface area contributed by atoms with Gasteiger partial charge in [-0.3, -0.25) is 0 Å². The molecule has 0 aliphatic heterocycles. The number of benzene rings is 11. The SMILES string of the molecule is c1ccc(-c2cccc(-c3nc(-c4cccc(-c5cccc(-c6ccc(-c7cccc8c7sc7c(-c9ccccc9)cccc78)cc6)c5)c4)nc(-c4cccc5oc6ccc(-c7ccccc7)cc6c45)n3)c2)cc1. The molecule has 3 heterocycles. The van der Waals surface area contributed by atoms with E-state index in [1.54, 1.807) is 0 Å². The molecular formula is C69H43N3OS. The zero-order valence-corrected chi connectivity index (χ0v) is 40.8. The van der Waals surface area contributed by atoms with Crippen molar-refractivity contribution in [2.24, 2.45) is 0 Å². The van der Waals surface area contributed by atoms with Crippen LogP contribution in [0.25, 0.3) is 143 Å². The second-order valence-corrected chi connectivity index (χ2v) is 19.7. The van der Waals surface area contributed by atoms with Crippen LogP contribution < -0.4 is 0 Å². The lowest BCUT2D eigenvalue weighted by Crippen LogP contribution is -2.00. The van der Waals surface area contributed by atoms with Crippen LogP contribution in [-0.4, -0.2) is 15.0 Å². The maximum absolute atomic E-state index is 6.50. The second kappa shape index (κ2) is 18.2. The van der Waals surface area contributed by atoms with Crippen LogP contribution in [0, 0.1) is 0 Å². The van der Waals surface area contributed by atoms with Crippen molar-refractivity contribution in [1.29, 1.82) is 0 Å².